The highest BCUT2D eigenvalue weighted by molar-refractivity contribution is 7.86. The third-order valence-corrected chi connectivity index (χ3v) is 6.48. The van der Waals surface area contributed by atoms with Crippen molar-refractivity contribution in [1.82, 2.24) is 5.06 Å². The van der Waals surface area contributed by atoms with Crippen LogP contribution in [0.3, 0.4) is 0 Å². The van der Waals surface area contributed by atoms with E-state index >= 15 is 0 Å². The molecule has 0 fully saturated rings. The molecule has 1 rings (SSSR count). The zero-order valence-electron chi connectivity index (χ0n) is 17.4. The average Bonchev–Trinajstić information content (AvgIpc) is 2.62. The molecule has 0 radical (unpaired) electrons. The summed E-state index contributed by atoms with van der Waals surface area (Å²) in [5.74, 6) is 0.339. The quantitative estimate of drug-likeness (QED) is 0.477. The van der Waals surface area contributed by atoms with Crippen LogP contribution in [0.4, 0.5) is 0 Å². The van der Waals surface area contributed by atoms with E-state index in [4.69, 9.17) is 4.28 Å². The third kappa shape index (κ3) is 7.53. The predicted octanol–water partition coefficient (Wildman–Crippen LogP) is 4.13. The molecule has 0 saturated carbocycles. The molecule has 0 spiro atoms. The van der Waals surface area contributed by atoms with Gasteiger partial charge in [-0.05, 0) is 49.0 Å². The maximum absolute atomic E-state index is 12.4. The van der Waals surface area contributed by atoms with Crippen molar-refractivity contribution in [3.05, 3.63) is 35.9 Å². The Hall–Kier alpha value is -0.950. The molecule has 0 aliphatic carbocycles. The standard InChI is InChI=1S/C21H37NO4S/c1-5-11-19(12-6-2)21(15-10-17-23,20-13-8-7-9-14-20)16-18-27(24,25)26-22(3)4/h7-9,13-14,19,23H,5-6,10-12,15-18H2,1-4H3. The minimum atomic E-state index is -3.65. The van der Waals surface area contributed by atoms with Crippen LogP contribution in [0.2, 0.25) is 0 Å². The Morgan fingerprint density at radius 1 is 1.07 bits per heavy atom. The van der Waals surface area contributed by atoms with E-state index in [0.29, 0.717) is 18.8 Å². The largest absolute Gasteiger partial charge is 0.396 e. The Bertz CT molecular complexity index is 612. The van der Waals surface area contributed by atoms with Crippen LogP contribution in [-0.4, -0.2) is 45.0 Å². The van der Waals surface area contributed by atoms with E-state index < -0.39 is 10.1 Å². The molecular weight excluding hydrogens is 362 g/mol. The Labute approximate surface area is 165 Å². The highest BCUT2D eigenvalue weighted by Gasteiger charge is 2.40. The predicted molar refractivity (Wildman–Crippen MR) is 111 cm³/mol. The number of hydrogen-bond acceptors (Lipinski definition) is 5. The molecule has 0 heterocycles. The summed E-state index contributed by atoms with van der Waals surface area (Å²) in [5.41, 5.74) is 0.893. The van der Waals surface area contributed by atoms with Gasteiger partial charge < -0.3 is 5.11 Å². The minimum absolute atomic E-state index is 0.0323. The highest BCUT2D eigenvalue weighted by Crippen LogP contribution is 2.45. The van der Waals surface area contributed by atoms with Gasteiger partial charge in [-0.2, -0.15) is 17.8 Å². The maximum atomic E-state index is 12.4. The number of rotatable bonds is 14. The lowest BCUT2D eigenvalue weighted by Crippen LogP contribution is -2.38. The smallest absolute Gasteiger partial charge is 0.283 e. The Morgan fingerprint density at radius 2 is 1.67 bits per heavy atom. The summed E-state index contributed by atoms with van der Waals surface area (Å²) >= 11 is 0. The molecule has 0 amide bonds. The monoisotopic (exact) mass is 399 g/mol. The molecule has 0 aliphatic heterocycles. The number of nitrogens with zero attached hydrogens (tertiary/aromatic N) is 1. The topological polar surface area (TPSA) is 66.8 Å². The first-order valence-electron chi connectivity index (χ1n) is 10.1. The first-order chi connectivity index (χ1) is 12.8. The van der Waals surface area contributed by atoms with Gasteiger partial charge in [0.15, 0.2) is 0 Å². The summed E-state index contributed by atoms with van der Waals surface area (Å²) < 4.78 is 29.9. The fourth-order valence-electron chi connectivity index (χ4n) is 4.19. The van der Waals surface area contributed by atoms with Crippen molar-refractivity contribution in [3.63, 3.8) is 0 Å². The first-order valence-corrected chi connectivity index (χ1v) is 11.6. The first kappa shape index (κ1) is 24.1. The Balaban J connectivity index is 3.32. The Morgan fingerprint density at radius 3 is 2.15 bits per heavy atom. The number of hydrogen-bond donors (Lipinski definition) is 1. The summed E-state index contributed by atoms with van der Waals surface area (Å²) in [7, 11) is -0.499. The van der Waals surface area contributed by atoms with Crippen molar-refractivity contribution >= 4 is 10.1 Å². The van der Waals surface area contributed by atoms with Crippen LogP contribution in [0.1, 0.15) is 64.4 Å². The molecule has 6 heteroatoms. The van der Waals surface area contributed by atoms with E-state index in [9.17, 15) is 13.5 Å². The molecule has 1 unspecified atom stereocenters. The second-order valence-corrected chi connectivity index (χ2v) is 9.19. The van der Waals surface area contributed by atoms with Crippen LogP contribution in [0.15, 0.2) is 30.3 Å². The van der Waals surface area contributed by atoms with E-state index in [2.05, 4.69) is 26.0 Å². The molecule has 27 heavy (non-hydrogen) atoms. The van der Waals surface area contributed by atoms with E-state index in [0.717, 1.165) is 32.1 Å². The van der Waals surface area contributed by atoms with Crippen LogP contribution in [-0.2, 0) is 19.8 Å². The molecule has 0 bridgehead atoms. The average molecular weight is 400 g/mol. The van der Waals surface area contributed by atoms with Gasteiger partial charge in [-0.1, -0.05) is 57.0 Å². The van der Waals surface area contributed by atoms with Crippen LogP contribution in [0.25, 0.3) is 0 Å². The zero-order chi connectivity index (χ0) is 20.3. The van der Waals surface area contributed by atoms with Gasteiger partial charge in [0.2, 0.25) is 0 Å². The second kappa shape index (κ2) is 11.8. The highest BCUT2D eigenvalue weighted by atomic mass is 32.2. The van der Waals surface area contributed by atoms with Gasteiger partial charge in [-0.25, -0.2) is 0 Å². The number of aliphatic hydroxyl groups is 1. The van der Waals surface area contributed by atoms with Crippen molar-refractivity contribution in [2.45, 2.75) is 64.2 Å². The van der Waals surface area contributed by atoms with Crippen LogP contribution < -0.4 is 0 Å². The maximum Gasteiger partial charge on any atom is 0.283 e. The van der Waals surface area contributed by atoms with Crippen molar-refractivity contribution < 1.29 is 17.8 Å². The lowest BCUT2D eigenvalue weighted by Gasteiger charge is -2.42. The molecule has 1 atom stereocenters. The summed E-state index contributed by atoms with van der Waals surface area (Å²) in [6.45, 7) is 4.47. The summed E-state index contributed by atoms with van der Waals surface area (Å²) in [6, 6.07) is 10.2. The van der Waals surface area contributed by atoms with Gasteiger partial charge in [0.1, 0.15) is 0 Å². The summed E-state index contributed by atoms with van der Waals surface area (Å²) in [4.78, 5) is 0. The number of aliphatic hydroxyl groups excluding tert-OH is 1. The Kier molecular flexibility index (Phi) is 10.5. The molecule has 1 N–H and O–H groups in total. The van der Waals surface area contributed by atoms with Crippen molar-refractivity contribution in [2.75, 3.05) is 26.5 Å². The SMILES string of the molecule is CCCC(CCC)C(CCCO)(CCS(=O)(=O)ON(C)C)c1ccccc1. The molecule has 0 aromatic heterocycles. The summed E-state index contributed by atoms with van der Waals surface area (Å²) in [5, 5.41) is 10.7. The third-order valence-electron chi connectivity index (χ3n) is 5.25. The van der Waals surface area contributed by atoms with Gasteiger partial charge in [-0.3, -0.25) is 0 Å². The van der Waals surface area contributed by atoms with Gasteiger partial charge in [0.25, 0.3) is 10.1 Å². The molecule has 156 valence electrons. The molecule has 1 aromatic carbocycles. The molecule has 0 aliphatic rings. The van der Waals surface area contributed by atoms with E-state index in [1.54, 1.807) is 14.1 Å². The van der Waals surface area contributed by atoms with Crippen molar-refractivity contribution in [2.24, 2.45) is 5.92 Å². The molecule has 0 saturated heterocycles. The van der Waals surface area contributed by atoms with Crippen LogP contribution in [0.5, 0.6) is 0 Å². The normalized spacial score (nSPS) is 14.6. The van der Waals surface area contributed by atoms with Crippen LogP contribution in [0, 0.1) is 5.92 Å². The van der Waals surface area contributed by atoms with E-state index in [-0.39, 0.29) is 17.8 Å². The van der Waals surface area contributed by atoms with Gasteiger partial charge in [0.05, 0.1) is 5.75 Å². The fourth-order valence-corrected chi connectivity index (χ4v) is 5.33. The zero-order valence-corrected chi connectivity index (χ0v) is 18.2. The van der Waals surface area contributed by atoms with Crippen molar-refractivity contribution in [1.29, 1.82) is 0 Å². The summed E-state index contributed by atoms with van der Waals surface area (Å²) in [6.07, 6.45) is 6.13. The van der Waals surface area contributed by atoms with Crippen LogP contribution >= 0.6 is 0 Å². The molecule has 5 nitrogen and oxygen atoms in total. The fraction of sp³-hybridized carbons (Fsp3) is 0.714. The number of hydroxylamine groups is 2. The molecular formula is C21H37NO4S. The van der Waals surface area contributed by atoms with Crippen molar-refractivity contribution in [3.8, 4) is 0 Å². The minimum Gasteiger partial charge on any atom is -0.396 e. The van der Waals surface area contributed by atoms with Gasteiger partial charge in [0, 0.05) is 20.7 Å². The lowest BCUT2D eigenvalue weighted by atomic mass is 9.63. The lowest BCUT2D eigenvalue weighted by molar-refractivity contribution is 0.00470. The van der Waals surface area contributed by atoms with Gasteiger partial charge >= 0.3 is 0 Å². The number of benzene rings is 1. The van der Waals surface area contributed by atoms with Gasteiger partial charge in [-0.15, -0.1) is 0 Å². The van der Waals surface area contributed by atoms with E-state index in [1.807, 2.05) is 18.2 Å². The molecule has 1 aromatic rings. The van der Waals surface area contributed by atoms with E-state index in [1.165, 1.54) is 10.6 Å². The second-order valence-electron chi connectivity index (χ2n) is 7.52.